The van der Waals surface area contributed by atoms with E-state index in [9.17, 15) is 4.79 Å². The molecule has 0 radical (unpaired) electrons. The van der Waals surface area contributed by atoms with Crippen molar-refractivity contribution in [2.24, 2.45) is 0 Å². The molecule has 0 spiro atoms. The van der Waals surface area contributed by atoms with Gasteiger partial charge < -0.3 is 14.8 Å². The van der Waals surface area contributed by atoms with Crippen LogP contribution in [0.3, 0.4) is 0 Å². The molecule has 1 aliphatic heterocycles. The van der Waals surface area contributed by atoms with Crippen LogP contribution in [0.4, 0.5) is 0 Å². The summed E-state index contributed by atoms with van der Waals surface area (Å²) in [4.78, 5) is 13.9. The van der Waals surface area contributed by atoms with Gasteiger partial charge in [-0.25, -0.2) is 0 Å². The number of carbonyl (C=O) groups excluding carboxylic acids is 1. The Morgan fingerprint density at radius 3 is 2.74 bits per heavy atom. The SMILES string of the molecule is C=CCn1c(SC(CC)C(=O)N(C)C)nnc1C1CCNCC1. The first kappa shape index (κ1) is 18.0. The Hall–Kier alpha value is -1.34. The molecule has 7 heteroatoms. The molecule has 1 aliphatic rings. The lowest BCUT2D eigenvalue weighted by Gasteiger charge is -2.23. The van der Waals surface area contributed by atoms with Crippen molar-refractivity contribution in [3.63, 3.8) is 0 Å². The van der Waals surface area contributed by atoms with Gasteiger partial charge in [0.05, 0.1) is 5.25 Å². The van der Waals surface area contributed by atoms with Gasteiger partial charge in [-0.05, 0) is 32.4 Å². The average molecular weight is 337 g/mol. The van der Waals surface area contributed by atoms with E-state index in [0.29, 0.717) is 12.5 Å². The Bertz CT molecular complexity index is 537. The third-order valence-electron chi connectivity index (χ3n) is 4.10. The smallest absolute Gasteiger partial charge is 0.235 e. The van der Waals surface area contributed by atoms with Crippen LogP contribution in [0.25, 0.3) is 0 Å². The quantitative estimate of drug-likeness (QED) is 0.608. The molecule has 0 aliphatic carbocycles. The van der Waals surface area contributed by atoms with Crippen molar-refractivity contribution in [3.05, 3.63) is 18.5 Å². The van der Waals surface area contributed by atoms with Crippen molar-refractivity contribution in [1.29, 1.82) is 0 Å². The predicted molar refractivity (Wildman–Crippen MR) is 93.7 cm³/mol. The Balaban J connectivity index is 2.22. The standard InChI is InChI=1S/C16H27N5OS/c1-5-11-21-14(12-7-9-17-10-8-12)18-19-16(21)23-13(6-2)15(22)20(3)4/h5,12-13,17H,1,6-11H2,2-4H3. The van der Waals surface area contributed by atoms with Gasteiger partial charge >= 0.3 is 0 Å². The number of rotatable bonds is 7. The highest BCUT2D eigenvalue weighted by molar-refractivity contribution is 8.00. The Kier molecular flexibility index (Phi) is 6.65. The van der Waals surface area contributed by atoms with Gasteiger partial charge in [-0.1, -0.05) is 24.8 Å². The molecule has 6 nitrogen and oxygen atoms in total. The van der Waals surface area contributed by atoms with Crippen LogP contribution in [-0.4, -0.2) is 58.0 Å². The summed E-state index contributed by atoms with van der Waals surface area (Å²) in [7, 11) is 3.58. The molecule has 1 amide bonds. The number of carbonyl (C=O) groups is 1. The summed E-state index contributed by atoms with van der Waals surface area (Å²) < 4.78 is 2.12. The summed E-state index contributed by atoms with van der Waals surface area (Å²) >= 11 is 1.51. The number of amides is 1. The Morgan fingerprint density at radius 2 is 2.17 bits per heavy atom. The zero-order valence-corrected chi connectivity index (χ0v) is 15.1. The summed E-state index contributed by atoms with van der Waals surface area (Å²) in [5, 5.41) is 12.9. The van der Waals surface area contributed by atoms with E-state index < -0.39 is 0 Å². The molecule has 1 atom stereocenters. The highest BCUT2D eigenvalue weighted by atomic mass is 32.2. The van der Waals surface area contributed by atoms with Crippen molar-refractivity contribution in [2.45, 2.75) is 49.1 Å². The maximum Gasteiger partial charge on any atom is 0.235 e. The second kappa shape index (κ2) is 8.49. The zero-order chi connectivity index (χ0) is 16.8. The zero-order valence-electron chi connectivity index (χ0n) is 14.3. The minimum atomic E-state index is -0.126. The van der Waals surface area contributed by atoms with Crippen LogP contribution in [0.2, 0.25) is 0 Å². The Morgan fingerprint density at radius 1 is 1.48 bits per heavy atom. The first-order valence-electron chi connectivity index (χ1n) is 8.21. The molecule has 1 N–H and O–H groups in total. The maximum atomic E-state index is 12.3. The molecule has 1 aromatic rings. The molecular weight excluding hydrogens is 310 g/mol. The third kappa shape index (κ3) is 4.35. The molecule has 128 valence electrons. The predicted octanol–water partition coefficient (Wildman–Crippen LogP) is 1.89. The van der Waals surface area contributed by atoms with Crippen LogP contribution in [-0.2, 0) is 11.3 Å². The molecule has 1 saturated heterocycles. The molecule has 0 bridgehead atoms. The normalized spacial score (nSPS) is 17.0. The molecule has 0 saturated carbocycles. The lowest BCUT2D eigenvalue weighted by molar-refractivity contribution is -0.128. The van der Waals surface area contributed by atoms with Crippen LogP contribution >= 0.6 is 11.8 Å². The lowest BCUT2D eigenvalue weighted by atomic mass is 9.97. The first-order valence-corrected chi connectivity index (χ1v) is 9.09. The number of allylic oxidation sites excluding steroid dienone is 1. The first-order chi connectivity index (χ1) is 11.1. The van der Waals surface area contributed by atoms with Crippen molar-refractivity contribution in [1.82, 2.24) is 25.0 Å². The van der Waals surface area contributed by atoms with Crippen molar-refractivity contribution >= 4 is 17.7 Å². The fraction of sp³-hybridized carbons (Fsp3) is 0.688. The van der Waals surface area contributed by atoms with Gasteiger partial charge in [0.2, 0.25) is 5.91 Å². The van der Waals surface area contributed by atoms with Gasteiger partial charge in [0.15, 0.2) is 5.16 Å². The highest BCUT2D eigenvalue weighted by Crippen LogP contribution is 2.30. The van der Waals surface area contributed by atoms with E-state index in [1.54, 1.807) is 19.0 Å². The molecular formula is C16H27N5OS. The van der Waals surface area contributed by atoms with E-state index in [2.05, 4.69) is 26.7 Å². The number of nitrogens with zero attached hydrogens (tertiary/aromatic N) is 4. The molecule has 1 unspecified atom stereocenters. The molecule has 1 fully saturated rings. The van der Waals surface area contributed by atoms with Crippen LogP contribution in [0.1, 0.15) is 37.9 Å². The number of thioether (sulfide) groups is 1. The minimum absolute atomic E-state index is 0.120. The van der Waals surface area contributed by atoms with Crippen LogP contribution in [0.5, 0.6) is 0 Å². The second-order valence-corrected chi connectivity index (χ2v) is 7.18. The van der Waals surface area contributed by atoms with Gasteiger partial charge in [0.25, 0.3) is 0 Å². The number of hydrogen-bond acceptors (Lipinski definition) is 5. The van der Waals surface area contributed by atoms with Crippen molar-refractivity contribution < 1.29 is 4.79 Å². The van der Waals surface area contributed by atoms with E-state index in [1.807, 2.05) is 13.0 Å². The van der Waals surface area contributed by atoms with Crippen LogP contribution < -0.4 is 5.32 Å². The Labute approximate surface area is 142 Å². The van der Waals surface area contributed by atoms with Crippen molar-refractivity contribution in [2.75, 3.05) is 27.2 Å². The van der Waals surface area contributed by atoms with Crippen LogP contribution in [0.15, 0.2) is 17.8 Å². The largest absolute Gasteiger partial charge is 0.348 e. The summed E-state index contributed by atoms with van der Waals surface area (Å²) in [5.41, 5.74) is 0. The lowest BCUT2D eigenvalue weighted by Crippen LogP contribution is -2.31. The molecule has 1 aromatic heterocycles. The van der Waals surface area contributed by atoms with E-state index >= 15 is 0 Å². The van der Waals surface area contributed by atoms with Gasteiger partial charge in [-0.15, -0.1) is 16.8 Å². The summed E-state index contributed by atoms with van der Waals surface area (Å²) in [6.07, 6.45) is 4.79. The van der Waals surface area contributed by atoms with E-state index in [4.69, 9.17) is 0 Å². The van der Waals surface area contributed by atoms with Crippen molar-refractivity contribution in [3.8, 4) is 0 Å². The number of hydrogen-bond donors (Lipinski definition) is 1. The average Bonchev–Trinajstić information content (AvgIpc) is 2.95. The fourth-order valence-corrected chi connectivity index (χ4v) is 3.91. The van der Waals surface area contributed by atoms with Gasteiger partial charge in [0.1, 0.15) is 5.82 Å². The highest BCUT2D eigenvalue weighted by Gasteiger charge is 2.26. The van der Waals surface area contributed by atoms with E-state index in [-0.39, 0.29) is 11.2 Å². The molecule has 23 heavy (non-hydrogen) atoms. The summed E-state index contributed by atoms with van der Waals surface area (Å²) in [5.74, 6) is 1.58. The number of aromatic nitrogens is 3. The maximum absolute atomic E-state index is 12.3. The third-order valence-corrected chi connectivity index (χ3v) is 5.43. The molecule has 2 heterocycles. The van der Waals surface area contributed by atoms with Gasteiger partial charge in [-0.2, -0.15) is 0 Å². The monoisotopic (exact) mass is 337 g/mol. The van der Waals surface area contributed by atoms with E-state index in [1.165, 1.54) is 11.8 Å². The number of nitrogens with one attached hydrogen (secondary N) is 1. The topological polar surface area (TPSA) is 63.1 Å². The van der Waals surface area contributed by atoms with Gasteiger partial charge in [0, 0.05) is 26.6 Å². The summed E-state index contributed by atoms with van der Waals surface area (Å²) in [6.45, 7) is 8.60. The molecule has 0 aromatic carbocycles. The van der Waals surface area contributed by atoms with Crippen LogP contribution in [0, 0.1) is 0 Å². The van der Waals surface area contributed by atoms with Gasteiger partial charge in [-0.3, -0.25) is 4.79 Å². The second-order valence-electron chi connectivity index (χ2n) is 6.01. The van der Waals surface area contributed by atoms with E-state index in [0.717, 1.165) is 43.3 Å². The minimum Gasteiger partial charge on any atom is -0.348 e. The number of piperidine rings is 1. The fourth-order valence-electron chi connectivity index (χ4n) is 2.79. The summed E-state index contributed by atoms with van der Waals surface area (Å²) in [6, 6.07) is 0. The molecule has 2 rings (SSSR count).